The molecule has 0 radical (unpaired) electrons. The number of carbonyl (C=O) groups is 2. The predicted molar refractivity (Wildman–Crippen MR) is 91.7 cm³/mol. The zero-order valence-corrected chi connectivity index (χ0v) is 13.6. The van der Waals surface area contributed by atoms with Gasteiger partial charge >= 0.3 is 11.8 Å². The number of aromatic amines is 1. The van der Waals surface area contributed by atoms with E-state index in [0.29, 0.717) is 18.8 Å². The van der Waals surface area contributed by atoms with Crippen LogP contribution in [-0.4, -0.2) is 49.0 Å². The predicted octanol–water partition coefficient (Wildman–Crippen LogP) is 1.39. The van der Waals surface area contributed by atoms with Gasteiger partial charge in [0.15, 0.2) is 0 Å². The highest BCUT2D eigenvalue weighted by molar-refractivity contribution is 6.39. The summed E-state index contributed by atoms with van der Waals surface area (Å²) in [6.45, 7) is 1.26. The molecule has 0 saturated carbocycles. The van der Waals surface area contributed by atoms with E-state index in [1.807, 2.05) is 16.8 Å². The van der Waals surface area contributed by atoms with Crippen LogP contribution in [0.25, 0.3) is 10.9 Å². The minimum Gasteiger partial charge on any atom is -0.335 e. The maximum atomic E-state index is 12.6. The number of aromatic nitrogens is 4. The van der Waals surface area contributed by atoms with Gasteiger partial charge in [0.05, 0.1) is 24.1 Å². The van der Waals surface area contributed by atoms with E-state index in [2.05, 4.69) is 20.5 Å². The van der Waals surface area contributed by atoms with E-state index in [4.69, 9.17) is 0 Å². The third-order valence-corrected chi connectivity index (χ3v) is 4.51. The van der Waals surface area contributed by atoms with Crippen molar-refractivity contribution in [3.63, 3.8) is 0 Å². The Kier molecular flexibility index (Phi) is 3.93. The van der Waals surface area contributed by atoms with Crippen molar-refractivity contribution >= 4 is 28.4 Å². The standard InChI is InChI=1S/C17H18N6O2/c24-16(20-13-3-4-15-12(8-13)9-19-21-15)17(25)23-6-1-2-14(23)10-22-7-5-18-11-22/h3-5,7-9,11,14H,1-2,6,10H2,(H,19,21)(H,20,24)/t14-/m0/s1. The number of benzene rings is 1. The van der Waals surface area contributed by atoms with Gasteiger partial charge in [-0.3, -0.25) is 14.7 Å². The Hall–Kier alpha value is -3.16. The van der Waals surface area contributed by atoms with E-state index in [9.17, 15) is 9.59 Å². The number of carbonyl (C=O) groups excluding carboxylic acids is 2. The minimum absolute atomic E-state index is 0.0174. The van der Waals surface area contributed by atoms with Gasteiger partial charge in [-0.05, 0) is 31.0 Å². The summed E-state index contributed by atoms with van der Waals surface area (Å²) in [4.78, 5) is 30.6. The number of imidazole rings is 1. The summed E-state index contributed by atoms with van der Waals surface area (Å²) >= 11 is 0. The molecule has 2 N–H and O–H groups in total. The smallest absolute Gasteiger partial charge is 0.313 e. The highest BCUT2D eigenvalue weighted by atomic mass is 16.2. The second-order valence-electron chi connectivity index (χ2n) is 6.18. The van der Waals surface area contributed by atoms with Crippen LogP contribution in [0.1, 0.15) is 12.8 Å². The second kappa shape index (κ2) is 6.39. The Labute approximate surface area is 143 Å². The number of nitrogens with one attached hydrogen (secondary N) is 2. The molecule has 2 aromatic heterocycles. The van der Waals surface area contributed by atoms with Crippen molar-refractivity contribution in [3.8, 4) is 0 Å². The molecule has 4 rings (SSSR count). The number of rotatable bonds is 3. The van der Waals surface area contributed by atoms with Gasteiger partial charge in [0.25, 0.3) is 0 Å². The van der Waals surface area contributed by atoms with Gasteiger partial charge in [-0.1, -0.05) is 0 Å². The molecule has 0 unspecified atom stereocenters. The summed E-state index contributed by atoms with van der Waals surface area (Å²) in [7, 11) is 0. The maximum absolute atomic E-state index is 12.6. The molecule has 1 atom stereocenters. The Balaban J connectivity index is 1.44. The Morgan fingerprint density at radius 1 is 1.36 bits per heavy atom. The first-order valence-electron chi connectivity index (χ1n) is 8.21. The molecule has 0 bridgehead atoms. The van der Waals surface area contributed by atoms with Gasteiger partial charge in [-0.25, -0.2) is 4.98 Å². The molecule has 2 amide bonds. The lowest BCUT2D eigenvalue weighted by atomic mass is 10.2. The number of hydrogen-bond acceptors (Lipinski definition) is 4. The van der Waals surface area contributed by atoms with E-state index in [1.54, 1.807) is 35.8 Å². The number of H-pyrrole nitrogens is 1. The van der Waals surface area contributed by atoms with Crippen molar-refractivity contribution in [2.24, 2.45) is 0 Å². The van der Waals surface area contributed by atoms with Gasteiger partial charge in [-0.15, -0.1) is 0 Å². The summed E-state index contributed by atoms with van der Waals surface area (Å²) < 4.78 is 1.93. The first-order chi connectivity index (χ1) is 12.2. The average Bonchev–Trinajstić information content (AvgIpc) is 3.35. The maximum Gasteiger partial charge on any atom is 0.313 e. The van der Waals surface area contributed by atoms with Crippen LogP contribution in [0.2, 0.25) is 0 Å². The topological polar surface area (TPSA) is 95.9 Å². The Morgan fingerprint density at radius 2 is 2.28 bits per heavy atom. The fraction of sp³-hybridized carbons (Fsp3) is 0.294. The molecule has 1 saturated heterocycles. The molecule has 25 heavy (non-hydrogen) atoms. The minimum atomic E-state index is -0.611. The monoisotopic (exact) mass is 338 g/mol. The first kappa shape index (κ1) is 15.4. The molecule has 3 heterocycles. The van der Waals surface area contributed by atoms with E-state index in [1.165, 1.54) is 0 Å². The quantitative estimate of drug-likeness (QED) is 0.705. The molecular weight excluding hydrogens is 320 g/mol. The van der Waals surface area contributed by atoms with Crippen LogP contribution >= 0.6 is 0 Å². The lowest BCUT2D eigenvalue weighted by molar-refractivity contribution is -0.143. The van der Waals surface area contributed by atoms with Crippen molar-refractivity contribution in [3.05, 3.63) is 43.1 Å². The van der Waals surface area contributed by atoms with Crippen LogP contribution in [0.5, 0.6) is 0 Å². The number of fused-ring (bicyclic) bond motifs is 1. The van der Waals surface area contributed by atoms with Crippen LogP contribution in [0.15, 0.2) is 43.1 Å². The summed E-state index contributed by atoms with van der Waals surface area (Å²) in [5.74, 6) is -1.10. The zero-order valence-electron chi connectivity index (χ0n) is 13.6. The largest absolute Gasteiger partial charge is 0.335 e. The fourth-order valence-electron chi connectivity index (χ4n) is 3.27. The second-order valence-corrected chi connectivity index (χ2v) is 6.18. The van der Waals surface area contributed by atoms with E-state index >= 15 is 0 Å². The normalized spacial score (nSPS) is 17.1. The Bertz CT molecular complexity index is 901. The first-order valence-corrected chi connectivity index (χ1v) is 8.21. The highest BCUT2D eigenvalue weighted by Gasteiger charge is 2.32. The van der Waals surface area contributed by atoms with Crippen LogP contribution in [0.3, 0.4) is 0 Å². The number of likely N-dealkylation sites (tertiary alicyclic amines) is 1. The lowest BCUT2D eigenvalue weighted by Crippen LogP contribution is -2.44. The van der Waals surface area contributed by atoms with Crippen LogP contribution in [-0.2, 0) is 16.1 Å². The third-order valence-electron chi connectivity index (χ3n) is 4.51. The van der Waals surface area contributed by atoms with Crippen molar-refractivity contribution in [2.75, 3.05) is 11.9 Å². The van der Waals surface area contributed by atoms with Crippen LogP contribution in [0.4, 0.5) is 5.69 Å². The average molecular weight is 338 g/mol. The van der Waals surface area contributed by atoms with Gasteiger partial charge in [0.1, 0.15) is 0 Å². The molecular formula is C17H18N6O2. The van der Waals surface area contributed by atoms with Crippen molar-refractivity contribution in [1.82, 2.24) is 24.6 Å². The lowest BCUT2D eigenvalue weighted by Gasteiger charge is -2.24. The molecule has 1 aliphatic rings. The summed E-state index contributed by atoms with van der Waals surface area (Å²) in [6, 6.07) is 5.37. The molecule has 8 nitrogen and oxygen atoms in total. The molecule has 0 aliphatic carbocycles. The fourth-order valence-corrected chi connectivity index (χ4v) is 3.27. The molecule has 0 spiro atoms. The van der Waals surface area contributed by atoms with E-state index < -0.39 is 11.8 Å². The molecule has 3 aromatic rings. The summed E-state index contributed by atoms with van der Waals surface area (Å²) in [5.41, 5.74) is 1.46. The van der Waals surface area contributed by atoms with E-state index in [-0.39, 0.29) is 6.04 Å². The van der Waals surface area contributed by atoms with Gasteiger partial charge in [-0.2, -0.15) is 5.10 Å². The van der Waals surface area contributed by atoms with Crippen LogP contribution < -0.4 is 5.32 Å². The summed E-state index contributed by atoms with van der Waals surface area (Å²) in [6.07, 6.45) is 8.76. The summed E-state index contributed by atoms with van der Waals surface area (Å²) in [5, 5.41) is 10.4. The SMILES string of the molecule is O=C(Nc1ccc2[nH]ncc2c1)C(=O)N1CCC[C@H]1Cn1ccnc1. The highest BCUT2D eigenvalue weighted by Crippen LogP contribution is 2.20. The number of anilines is 1. The Morgan fingerprint density at radius 3 is 3.12 bits per heavy atom. The van der Waals surface area contributed by atoms with E-state index in [0.717, 1.165) is 23.7 Å². The van der Waals surface area contributed by atoms with Gasteiger partial charge < -0.3 is 14.8 Å². The van der Waals surface area contributed by atoms with Gasteiger partial charge in [0, 0.05) is 36.6 Å². The van der Waals surface area contributed by atoms with Crippen molar-refractivity contribution in [1.29, 1.82) is 0 Å². The van der Waals surface area contributed by atoms with Crippen molar-refractivity contribution in [2.45, 2.75) is 25.4 Å². The molecule has 1 aromatic carbocycles. The van der Waals surface area contributed by atoms with Gasteiger partial charge in [0.2, 0.25) is 0 Å². The van der Waals surface area contributed by atoms with Crippen molar-refractivity contribution < 1.29 is 9.59 Å². The molecule has 1 aliphatic heterocycles. The number of amides is 2. The molecule has 1 fully saturated rings. The molecule has 8 heteroatoms. The number of nitrogens with zero attached hydrogens (tertiary/aromatic N) is 4. The third kappa shape index (κ3) is 3.10. The molecule has 128 valence electrons. The van der Waals surface area contributed by atoms with Crippen LogP contribution in [0, 0.1) is 0 Å². The number of hydrogen-bond donors (Lipinski definition) is 2. The zero-order chi connectivity index (χ0) is 17.2.